The summed E-state index contributed by atoms with van der Waals surface area (Å²) in [6, 6.07) is 10.7. The Labute approximate surface area is 212 Å². The second-order valence-electron chi connectivity index (χ2n) is 8.23. The molecule has 0 aliphatic heterocycles. The average Bonchev–Trinajstić information content (AvgIpc) is 3.31. The first-order valence-corrected chi connectivity index (χ1v) is 12.7. The Balaban J connectivity index is 1.74. The van der Waals surface area contributed by atoms with Crippen LogP contribution >= 0.6 is 22.9 Å². The molecule has 0 aliphatic rings. The first-order valence-electron chi connectivity index (χ1n) is 11.5. The van der Waals surface area contributed by atoms with E-state index in [1.54, 1.807) is 37.4 Å². The molecule has 2 aromatic carbocycles. The number of aryl methyl sites for hydroxylation is 1. The zero-order chi connectivity index (χ0) is 24.9. The first-order chi connectivity index (χ1) is 16.9. The molecule has 0 N–H and O–H groups in total. The number of carbonyl (C=O) groups excluding carboxylic acids is 1. The van der Waals surface area contributed by atoms with Gasteiger partial charge >= 0.3 is 11.6 Å². The molecule has 0 fully saturated rings. The quantitative estimate of drug-likeness (QED) is 0.101. The Morgan fingerprint density at radius 1 is 1.09 bits per heavy atom. The van der Waals surface area contributed by atoms with Crippen LogP contribution in [0.4, 0.5) is 0 Å². The maximum absolute atomic E-state index is 12.9. The predicted molar refractivity (Wildman–Crippen MR) is 140 cm³/mol. The van der Waals surface area contributed by atoms with Crippen molar-refractivity contribution < 1.29 is 18.7 Å². The van der Waals surface area contributed by atoms with Crippen molar-refractivity contribution in [1.29, 1.82) is 0 Å². The number of esters is 1. The van der Waals surface area contributed by atoms with Crippen molar-refractivity contribution in [3.63, 3.8) is 0 Å². The van der Waals surface area contributed by atoms with Gasteiger partial charge in [0.15, 0.2) is 0 Å². The predicted octanol–water partition coefficient (Wildman–Crippen LogP) is 7.29. The number of fused-ring (bicyclic) bond motifs is 1. The van der Waals surface area contributed by atoms with Crippen LogP contribution < -0.4 is 15.1 Å². The monoisotopic (exact) mass is 511 g/mol. The highest BCUT2D eigenvalue weighted by Gasteiger charge is 2.17. The molecular formula is C27H26ClNO5S. The lowest BCUT2D eigenvalue weighted by Gasteiger charge is -2.11. The number of hydrogen-bond donors (Lipinski definition) is 0. The lowest BCUT2D eigenvalue weighted by Crippen LogP contribution is -2.06. The zero-order valence-corrected chi connectivity index (χ0v) is 21.4. The minimum atomic E-state index is -0.513. The molecule has 0 spiro atoms. The third-order valence-corrected chi connectivity index (χ3v) is 6.75. The number of methoxy groups -OCH3 is 1. The summed E-state index contributed by atoms with van der Waals surface area (Å²) in [6.07, 6.45) is 5.13. The fourth-order valence-electron chi connectivity index (χ4n) is 3.93. The number of benzene rings is 2. The Hall–Kier alpha value is -3.16. The van der Waals surface area contributed by atoms with E-state index in [2.05, 4.69) is 11.9 Å². The number of ether oxygens (including phenoxy) is 2. The van der Waals surface area contributed by atoms with Crippen LogP contribution in [0.15, 0.2) is 51.0 Å². The third-order valence-electron chi connectivity index (χ3n) is 5.64. The van der Waals surface area contributed by atoms with E-state index < -0.39 is 11.6 Å². The molecule has 35 heavy (non-hydrogen) atoms. The molecule has 0 unspecified atom stereocenters. The second kappa shape index (κ2) is 11.1. The lowest BCUT2D eigenvalue weighted by molar-refractivity contribution is -0.131. The van der Waals surface area contributed by atoms with Gasteiger partial charge in [0.05, 0.1) is 18.4 Å². The summed E-state index contributed by atoms with van der Waals surface area (Å²) in [7, 11) is 1.59. The van der Waals surface area contributed by atoms with Crippen molar-refractivity contribution in [3.8, 4) is 33.3 Å². The van der Waals surface area contributed by atoms with Crippen LogP contribution in [0.5, 0.6) is 11.5 Å². The van der Waals surface area contributed by atoms with Crippen molar-refractivity contribution in [1.82, 2.24) is 4.98 Å². The molecule has 182 valence electrons. The molecule has 6 nitrogen and oxygen atoms in total. The number of rotatable bonds is 9. The van der Waals surface area contributed by atoms with Gasteiger partial charge in [-0.3, -0.25) is 4.79 Å². The van der Waals surface area contributed by atoms with Crippen LogP contribution in [-0.2, 0) is 11.2 Å². The molecule has 4 aromatic rings. The molecule has 0 saturated heterocycles. The summed E-state index contributed by atoms with van der Waals surface area (Å²) in [5.74, 6) is 0.661. The van der Waals surface area contributed by atoms with Gasteiger partial charge in [-0.2, -0.15) is 0 Å². The second-order valence-corrected chi connectivity index (χ2v) is 9.53. The highest BCUT2D eigenvalue weighted by atomic mass is 35.5. The van der Waals surface area contributed by atoms with E-state index in [0.717, 1.165) is 48.6 Å². The van der Waals surface area contributed by atoms with E-state index in [4.69, 9.17) is 25.5 Å². The lowest BCUT2D eigenvalue weighted by atomic mass is 10.0. The van der Waals surface area contributed by atoms with Crippen molar-refractivity contribution in [2.75, 3.05) is 7.11 Å². The Bertz CT molecular complexity index is 1430. The molecule has 2 aromatic heterocycles. The molecule has 0 atom stereocenters. The van der Waals surface area contributed by atoms with Crippen molar-refractivity contribution in [3.05, 3.63) is 62.8 Å². The Kier molecular flexibility index (Phi) is 7.88. The van der Waals surface area contributed by atoms with E-state index in [9.17, 15) is 9.59 Å². The molecule has 4 rings (SSSR count). The zero-order valence-electron chi connectivity index (χ0n) is 19.9. The van der Waals surface area contributed by atoms with Crippen LogP contribution in [0.25, 0.3) is 32.8 Å². The maximum atomic E-state index is 12.9. The number of carbonyl (C=O) groups is 1. The molecule has 0 saturated carbocycles. The largest absolute Gasteiger partial charge is 0.496 e. The molecule has 0 aliphatic carbocycles. The third kappa shape index (κ3) is 5.74. The molecular weight excluding hydrogens is 486 g/mol. The number of aromatic nitrogens is 1. The number of unbranched alkanes of at least 4 members (excludes halogenated alkanes) is 3. The number of nitrogens with zero attached hydrogens (tertiary/aromatic N) is 1. The van der Waals surface area contributed by atoms with E-state index in [1.165, 1.54) is 18.3 Å². The van der Waals surface area contributed by atoms with Crippen LogP contribution in [0, 0.1) is 0 Å². The highest BCUT2D eigenvalue weighted by Crippen LogP contribution is 2.36. The molecule has 0 amide bonds. The van der Waals surface area contributed by atoms with Crippen molar-refractivity contribution in [2.24, 2.45) is 0 Å². The van der Waals surface area contributed by atoms with Gasteiger partial charge in [-0.1, -0.05) is 37.8 Å². The van der Waals surface area contributed by atoms with Gasteiger partial charge in [0.25, 0.3) is 0 Å². The van der Waals surface area contributed by atoms with Gasteiger partial charge in [0.1, 0.15) is 22.1 Å². The van der Waals surface area contributed by atoms with Gasteiger partial charge in [0.2, 0.25) is 0 Å². The molecule has 8 heteroatoms. The van der Waals surface area contributed by atoms with Crippen LogP contribution in [-0.4, -0.2) is 18.1 Å². The summed E-state index contributed by atoms with van der Waals surface area (Å²) >= 11 is 7.52. The van der Waals surface area contributed by atoms with E-state index in [1.807, 2.05) is 11.4 Å². The van der Waals surface area contributed by atoms with Gasteiger partial charge < -0.3 is 13.9 Å². The summed E-state index contributed by atoms with van der Waals surface area (Å²) in [5.41, 5.74) is 2.53. The van der Waals surface area contributed by atoms with E-state index in [-0.39, 0.29) is 0 Å². The number of thiazole rings is 1. The van der Waals surface area contributed by atoms with Crippen molar-refractivity contribution >= 4 is 39.9 Å². The standard InChI is InChI=1S/C27H26ClNO5S/c1-4-5-6-7-8-17-11-18-12-21(27(31)34-25(18)14-24(17)33-16(2)30)26-29-22(15-35-26)20-13-19(28)9-10-23(20)32-3/h9-15H,4-8H2,1-3H3. The van der Waals surface area contributed by atoms with Crippen molar-refractivity contribution in [2.45, 2.75) is 46.0 Å². The summed E-state index contributed by atoms with van der Waals surface area (Å²) < 4.78 is 16.5. The smallest absolute Gasteiger partial charge is 0.346 e. The van der Waals surface area contributed by atoms with Crippen LogP contribution in [0.2, 0.25) is 5.02 Å². The first kappa shape index (κ1) is 24.9. The van der Waals surface area contributed by atoms with Crippen LogP contribution in [0.3, 0.4) is 0 Å². The Morgan fingerprint density at radius 2 is 1.91 bits per heavy atom. The molecule has 0 radical (unpaired) electrons. The van der Waals surface area contributed by atoms with Gasteiger partial charge in [-0.15, -0.1) is 11.3 Å². The summed E-state index contributed by atoms with van der Waals surface area (Å²) in [4.78, 5) is 29.2. The minimum absolute atomic E-state index is 0.362. The summed E-state index contributed by atoms with van der Waals surface area (Å²) in [5, 5.41) is 3.70. The maximum Gasteiger partial charge on any atom is 0.346 e. The average molecular weight is 512 g/mol. The SMILES string of the molecule is CCCCCCc1cc2cc(-c3nc(-c4cc(Cl)ccc4OC)cs3)c(=O)oc2cc1OC(C)=O. The van der Waals surface area contributed by atoms with Gasteiger partial charge in [-0.05, 0) is 48.7 Å². The fourth-order valence-corrected chi connectivity index (χ4v) is 4.93. The molecule has 0 bridgehead atoms. The fraction of sp³-hybridized carbons (Fsp3) is 0.296. The Morgan fingerprint density at radius 3 is 2.66 bits per heavy atom. The van der Waals surface area contributed by atoms with E-state index >= 15 is 0 Å². The number of hydrogen-bond acceptors (Lipinski definition) is 7. The minimum Gasteiger partial charge on any atom is -0.496 e. The van der Waals surface area contributed by atoms with E-state index in [0.29, 0.717) is 38.4 Å². The normalized spacial score (nSPS) is 11.1. The van der Waals surface area contributed by atoms with Gasteiger partial charge in [0, 0.05) is 34.3 Å². The highest BCUT2D eigenvalue weighted by molar-refractivity contribution is 7.13. The summed E-state index contributed by atoms with van der Waals surface area (Å²) in [6.45, 7) is 3.52. The topological polar surface area (TPSA) is 78.6 Å². The number of halogens is 1. The van der Waals surface area contributed by atoms with Crippen LogP contribution in [0.1, 0.15) is 45.1 Å². The molecule has 2 heterocycles. The van der Waals surface area contributed by atoms with Gasteiger partial charge in [-0.25, -0.2) is 9.78 Å².